The molecule has 2 N–H and O–H groups in total. The first-order chi connectivity index (χ1) is 11.5. The second kappa shape index (κ2) is 6.57. The molecule has 1 heterocycles. The van der Waals surface area contributed by atoms with E-state index in [1.165, 1.54) is 35.2 Å². The lowest BCUT2D eigenvalue weighted by Gasteiger charge is -2.25. The smallest absolute Gasteiger partial charge is 0.260 e. The standard InChI is InChI=1S/C18H19FN2O3/c1-11-2-9-15(17(23)20-11)18(24)21(14-7-8-14)10-16(22)12-3-5-13(19)6-4-12/h2-6,9,14,16,22H,7-8,10H2,1H3,(H,20,23). The first kappa shape index (κ1) is 16.4. The van der Waals surface area contributed by atoms with E-state index < -0.39 is 11.7 Å². The van der Waals surface area contributed by atoms with E-state index >= 15 is 0 Å². The fraction of sp³-hybridized carbons (Fsp3) is 0.333. The van der Waals surface area contributed by atoms with Crippen molar-refractivity contribution < 1.29 is 14.3 Å². The van der Waals surface area contributed by atoms with Crippen molar-refractivity contribution in [1.82, 2.24) is 9.88 Å². The van der Waals surface area contributed by atoms with Crippen molar-refractivity contribution in [2.75, 3.05) is 6.54 Å². The van der Waals surface area contributed by atoms with Crippen LogP contribution in [0.3, 0.4) is 0 Å². The van der Waals surface area contributed by atoms with Gasteiger partial charge < -0.3 is 15.0 Å². The molecule has 0 radical (unpaired) electrons. The van der Waals surface area contributed by atoms with Gasteiger partial charge in [0.05, 0.1) is 12.6 Å². The summed E-state index contributed by atoms with van der Waals surface area (Å²) in [5.74, 6) is -0.771. The molecule has 0 bridgehead atoms. The molecule has 1 aliphatic rings. The van der Waals surface area contributed by atoms with Crippen LogP contribution >= 0.6 is 0 Å². The molecule has 1 atom stereocenters. The number of nitrogens with one attached hydrogen (secondary N) is 1. The number of hydrogen-bond acceptors (Lipinski definition) is 3. The molecule has 1 unspecified atom stereocenters. The molecule has 24 heavy (non-hydrogen) atoms. The molecule has 2 aromatic rings. The predicted octanol–water partition coefficient (Wildman–Crippen LogP) is 2.16. The highest BCUT2D eigenvalue weighted by atomic mass is 19.1. The molecule has 1 aromatic heterocycles. The number of carbonyl (C=O) groups excluding carboxylic acids is 1. The molecule has 1 aliphatic carbocycles. The van der Waals surface area contributed by atoms with Crippen LogP contribution in [0, 0.1) is 12.7 Å². The Balaban J connectivity index is 1.81. The van der Waals surface area contributed by atoms with Crippen molar-refractivity contribution in [1.29, 1.82) is 0 Å². The van der Waals surface area contributed by atoms with Crippen molar-refractivity contribution in [3.8, 4) is 0 Å². The van der Waals surface area contributed by atoms with Crippen molar-refractivity contribution in [2.24, 2.45) is 0 Å². The summed E-state index contributed by atoms with van der Waals surface area (Å²) < 4.78 is 13.0. The van der Waals surface area contributed by atoms with E-state index in [0.29, 0.717) is 11.3 Å². The number of aromatic nitrogens is 1. The Bertz CT molecular complexity index is 797. The molecule has 1 fully saturated rings. The molecular formula is C18H19FN2O3. The largest absolute Gasteiger partial charge is 0.387 e. The van der Waals surface area contributed by atoms with E-state index in [1.807, 2.05) is 0 Å². The Morgan fingerprint density at radius 1 is 1.29 bits per heavy atom. The van der Waals surface area contributed by atoms with Gasteiger partial charge in [-0.2, -0.15) is 0 Å². The Labute approximate surface area is 138 Å². The van der Waals surface area contributed by atoms with Gasteiger partial charge in [-0.15, -0.1) is 0 Å². The summed E-state index contributed by atoms with van der Waals surface area (Å²) in [6.45, 7) is 1.81. The van der Waals surface area contributed by atoms with Crippen LogP contribution in [0.25, 0.3) is 0 Å². The number of halogens is 1. The molecule has 1 saturated carbocycles. The topological polar surface area (TPSA) is 73.4 Å². The molecule has 0 spiro atoms. The quantitative estimate of drug-likeness (QED) is 0.882. The van der Waals surface area contributed by atoms with Crippen LogP contribution in [0.2, 0.25) is 0 Å². The second-order valence-electron chi connectivity index (χ2n) is 6.14. The van der Waals surface area contributed by atoms with Crippen molar-refractivity contribution in [3.05, 3.63) is 69.4 Å². The van der Waals surface area contributed by atoms with Gasteiger partial charge >= 0.3 is 0 Å². The molecule has 6 heteroatoms. The third kappa shape index (κ3) is 3.54. The van der Waals surface area contributed by atoms with Crippen LogP contribution in [-0.2, 0) is 0 Å². The van der Waals surface area contributed by atoms with Crippen LogP contribution < -0.4 is 5.56 Å². The van der Waals surface area contributed by atoms with Gasteiger partial charge in [0.15, 0.2) is 0 Å². The summed E-state index contributed by atoms with van der Waals surface area (Å²) in [6.07, 6.45) is 0.775. The number of aliphatic hydroxyl groups is 1. The zero-order chi connectivity index (χ0) is 17.3. The number of nitrogens with zero attached hydrogens (tertiary/aromatic N) is 1. The zero-order valence-electron chi connectivity index (χ0n) is 13.3. The summed E-state index contributed by atoms with van der Waals surface area (Å²) in [4.78, 5) is 28.9. The molecule has 1 aromatic carbocycles. The maximum absolute atomic E-state index is 13.0. The number of hydrogen-bond donors (Lipinski definition) is 2. The van der Waals surface area contributed by atoms with Crippen molar-refractivity contribution >= 4 is 5.91 Å². The Morgan fingerprint density at radius 2 is 1.96 bits per heavy atom. The minimum absolute atomic E-state index is 0.0355. The molecular weight excluding hydrogens is 311 g/mol. The summed E-state index contributed by atoms with van der Waals surface area (Å²) in [5.41, 5.74) is 0.856. The summed E-state index contributed by atoms with van der Waals surface area (Å²) >= 11 is 0. The average molecular weight is 330 g/mol. The van der Waals surface area contributed by atoms with Crippen LogP contribution in [0.1, 0.15) is 40.6 Å². The highest BCUT2D eigenvalue weighted by Crippen LogP contribution is 2.30. The third-order valence-electron chi connectivity index (χ3n) is 4.16. The Morgan fingerprint density at radius 3 is 2.54 bits per heavy atom. The fourth-order valence-corrected chi connectivity index (χ4v) is 2.66. The highest BCUT2D eigenvalue weighted by molar-refractivity contribution is 5.94. The van der Waals surface area contributed by atoms with Gasteiger partial charge in [0.1, 0.15) is 11.4 Å². The van der Waals surface area contributed by atoms with Crippen LogP contribution in [0.5, 0.6) is 0 Å². The lowest BCUT2D eigenvalue weighted by atomic mass is 10.1. The number of amides is 1. The molecule has 1 amide bonds. The molecule has 0 saturated heterocycles. The SMILES string of the molecule is Cc1ccc(C(=O)N(CC(O)c2ccc(F)cc2)C2CC2)c(=O)[nH]1. The van der Waals surface area contributed by atoms with E-state index in [4.69, 9.17) is 0 Å². The van der Waals surface area contributed by atoms with Gasteiger partial charge in [-0.3, -0.25) is 9.59 Å². The maximum atomic E-state index is 13.0. The number of benzene rings is 1. The number of H-pyrrole nitrogens is 1. The Hall–Kier alpha value is -2.47. The van der Waals surface area contributed by atoms with E-state index in [1.54, 1.807) is 13.0 Å². The van der Waals surface area contributed by atoms with E-state index in [-0.39, 0.29) is 29.9 Å². The number of aliphatic hydroxyl groups excluding tert-OH is 1. The predicted molar refractivity (Wildman–Crippen MR) is 87.2 cm³/mol. The van der Waals surface area contributed by atoms with Gasteiger partial charge in [-0.1, -0.05) is 12.1 Å². The summed E-state index contributed by atoms with van der Waals surface area (Å²) in [6, 6.07) is 8.75. The van der Waals surface area contributed by atoms with Gasteiger partial charge in [-0.25, -0.2) is 4.39 Å². The number of carbonyl (C=O) groups is 1. The first-order valence-corrected chi connectivity index (χ1v) is 7.90. The molecule has 126 valence electrons. The minimum Gasteiger partial charge on any atom is -0.387 e. The van der Waals surface area contributed by atoms with Crippen LogP contribution in [0.15, 0.2) is 41.2 Å². The van der Waals surface area contributed by atoms with Crippen LogP contribution in [-0.4, -0.2) is 33.5 Å². The number of aryl methyl sites for hydroxylation is 1. The minimum atomic E-state index is -0.931. The summed E-state index contributed by atoms with van der Waals surface area (Å²) in [5, 5.41) is 10.4. The van der Waals surface area contributed by atoms with Crippen molar-refractivity contribution in [3.63, 3.8) is 0 Å². The van der Waals surface area contributed by atoms with Gasteiger partial charge in [0.25, 0.3) is 11.5 Å². The number of pyridine rings is 1. The summed E-state index contributed by atoms with van der Waals surface area (Å²) in [7, 11) is 0. The second-order valence-corrected chi connectivity index (χ2v) is 6.14. The average Bonchev–Trinajstić information content (AvgIpc) is 3.37. The molecule has 0 aliphatic heterocycles. The van der Waals surface area contributed by atoms with Gasteiger partial charge in [0.2, 0.25) is 0 Å². The molecule has 5 nitrogen and oxygen atoms in total. The highest BCUT2D eigenvalue weighted by Gasteiger charge is 2.35. The normalized spacial score (nSPS) is 15.1. The van der Waals surface area contributed by atoms with E-state index in [0.717, 1.165) is 12.8 Å². The lowest BCUT2D eigenvalue weighted by molar-refractivity contribution is 0.0601. The van der Waals surface area contributed by atoms with E-state index in [9.17, 15) is 19.1 Å². The lowest BCUT2D eigenvalue weighted by Crippen LogP contribution is -2.39. The number of aromatic amines is 1. The van der Waals surface area contributed by atoms with E-state index in [2.05, 4.69) is 4.98 Å². The van der Waals surface area contributed by atoms with Gasteiger partial charge in [-0.05, 0) is 49.6 Å². The van der Waals surface area contributed by atoms with Gasteiger partial charge in [0, 0.05) is 11.7 Å². The first-order valence-electron chi connectivity index (χ1n) is 7.90. The number of rotatable bonds is 5. The third-order valence-corrected chi connectivity index (χ3v) is 4.16. The molecule has 3 rings (SSSR count). The maximum Gasteiger partial charge on any atom is 0.260 e. The van der Waals surface area contributed by atoms with Crippen LogP contribution in [0.4, 0.5) is 4.39 Å². The van der Waals surface area contributed by atoms with Crippen molar-refractivity contribution in [2.45, 2.75) is 31.9 Å². The fourth-order valence-electron chi connectivity index (χ4n) is 2.66. The monoisotopic (exact) mass is 330 g/mol. The zero-order valence-corrected chi connectivity index (χ0v) is 13.3. The Kier molecular flexibility index (Phi) is 4.49.